The molecule has 18 heavy (non-hydrogen) atoms. The molecule has 1 aromatic rings. The molecule has 0 saturated heterocycles. The van der Waals surface area contributed by atoms with Gasteiger partial charge in [-0.05, 0) is 17.2 Å². The number of carbonyl (C=O) groups excluding carboxylic acids is 1. The average Bonchev–Trinajstić information content (AvgIpc) is 2.75. The number of benzene rings is 1. The summed E-state index contributed by atoms with van der Waals surface area (Å²) in [5.74, 6) is -0.324. The molecule has 0 aromatic heterocycles. The summed E-state index contributed by atoms with van der Waals surface area (Å²) in [4.78, 5) is 23.5. The molecular formula is C13H15NO4. The Balaban J connectivity index is 2.01. The van der Waals surface area contributed by atoms with Crippen molar-refractivity contribution in [2.45, 2.75) is 12.8 Å². The molecule has 2 rings (SSSR count). The topological polar surface area (TPSA) is 66.8 Å². The largest absolute Gasteiger partial charge is 0.493 e. The van der Waals surface area contributed by atoms with Crippen LogP contribution in [-0.2, 0) is 22.4 Å². The fourth-order valence-electron chi connectivity index (χ4n) is 1.95. The summed E-state index contributed by atoms with van der Waals surface area (Å²) in [7, 11) is 1.49. The molecule has 0 bridgehead atoms. The third-order valence-electron chi connectivity index (χ3n) is 2.91. The normalized spacial score (nSPS) is 12.7. The highest BCUT2D eigenvalue weighted by molar-refractivity contribution is 5.82. The lowest BCUT2D eigenvalue weighted by Crippen LogP contribution is -2.33. The Hall–Kier alpha value is -2.04. The van der Waals surface area contributed by atoms with Crippen LogP contribution in [0.2, 0.25) is 0 Å². The number of rotatable bonds is 4. The molecule has 1 amide bonds. The molecule has 5 nitrogen and oxygen atoms in total. The van der Waals surface area contributed by atoms with Crippen LogP contribution in [0.15, 0.2) is 18.2 Å². The van der Waals surface area contributed by atoms with Crippen molar-refractivity contribution in [2.75, 3.05) is 20.2 Å². The number of hydrogen-bond acceptors (Lipinski definition) is 3. The first-order valence-corrected chi connectivity index (χ1v) is 5.76. The molecule has 0 atom stereocenters. The Kier molecular flexibility index (Phi) is 3.50. The minimum atomic E-state index is -1.01. The maximum atomic E-state index is 11.8. The van der Waals surface area contributed by atoms with E-state index < -0.39 is 5.97 Å². The zero-order chi connectivity index (χ0) is 13.1. The molecule has 96 valence electrons. The zero-order valence-corrected chi connectivity index (χ0v) is 10.2. The number of carboxylic acid groups (broad SMARTS) is 1. The predicted octanol–water partition coefficient (Wildman–Crippen LogP) is 0.707. The minimum Gasteiger partial charge on any atom is -0.493 e. The van der Waals surface area contributed by atoms with Crippen LogP contribution in [0, 0.1) is 0 Å². The van der Waals surface area contributed by atoms with Crippen molar-refractivity contribution in [3.05, 3.63) is 29.3 Å². The van der Waals surface area contributed by atoms with E-state index in [1.54, 1.807) is 0 Å². The van der Waals surface area contributed by atoms with Crippen LogP contribution in [0.3, 0.4) is 0 Å². The second kappa shape index (κ2) is 5.08. The van der Waals surface area contributed by atoms with E-state index in [-0.39, 0.29) is 18.9 Å². The third-order valence-corrected chi connectivity index (χ3v) is 2.91. The second-order valence-electron chi connectivity index (χ2n) is 4.36. The van der Waals surface area contributed by atoms with Crippen molar-refractivity contribution >= 4 is 11.9 Å². The van der Waals surface area contributed by atoms with Gasteiger partial charge in [-0.25, -0.2) is 0 Å². The molecule has 1 aromatic carbocycles. The summed E-state index contributed by atoms with van der Waals surface area (Å²) in [6.45, 7) is 0.415. The predicted molar refractivity (Wildman–Crippen MR) is 64.6 cm³/mol. The van der Waals surface area contributed by atoms with Crippen molar-refractivity contribution in [2.24, 2.45) is 0 Å². The average molecular weight is 249 g/mol. The zero-order valence-electron chi connectivity index (χ0n) is 10.2. The number of amides is 1. The van der Waals surface area contributed by atoms with Gasteiger partial charge in [0.15, 0.2) is 0 Å². The maximum absolute atomic E-state index is 11.8. The summed E-state index contributed by atoms with van der Waals surface area (Å²) in [5, 5.41) is 8.62. The van der Waals surface area contributed by atoms with Crippen LogP contribution < -0.4 is 4.74 Å². The van der Waals surface area contributed by atoms with Crippen LogP contribution in [0.1, 0.15) is 11.1 Å². The van der Waals surface area contributed by atoms with Crippen molar-refractivity contribution in [3.8, 4) is 5.75 Å². The molecule has 0 aliphatic carbocycles. The van der Waals surface area contributed by atoms with Crippen LogP contribution >= 0.6 is 0 Å². The molecular weight excluding hydrogens is 234 g/mol. The second-order valence-corrected chi connectivity index (χ2v) is 4.36. The van der Waals surface area contributed by atoms with Crippen LogP contribution in [0.4, 0.5) is 0 Å². The highest BCUT2D eigenvalue weighted by Crippen LogP contribution is 2.26. The smallest absolute Gasteiger partial charge is 0.323 e. The van der Waals surface area contributed by atoms with Crippen LogP contribution in [0.25, 0.3) is 0 Å². The lowest BCUT2D eigenvalue weighted by atomic mass is 10.1. The van der Waals surface area contributed by atoms with E-state index in [4.69, 9.17) is 9.84 Å². The van der Waals surface area contributed by atoms with Gasteiger partial charge in [0.05, 0.1) is 13.0 Å². The number of hydrogen-bond donors (Lipinski definition) is 1. The molecule has 0 unspecified atom stereocenters. The molecule has 1 N–H and O–H groups in total. The van der Waals surface area contributed by atoms with Crippen molar-refractivity contribution in [3.63, 3.8) is 0 Å². The SMILES string of the molecule is CN(CC(=O)O)C(=O)Cc1ccc2c(c1)CCO2. The number of nitrogens with zero attached hydrogens (tertiary/aromatic N) is 1. The molecule has 0 fully saturated rings. The number of likely N-dealkylation sites (N-methyl/N-ethyl adjacent to an activating group) is 1. The Bertz CT molecular complexity index is 484. The Labute approximate surface area is 105 Å². The summed E-state index contributed by atoms with van der Waals surface area (Å²) in [6, 6.07) is 5.66. The van der Waals surface area contributed by atoms with E-state index in [0.29, 0.717) is 6.61 Å². The fraction of sp³-hybridized carbons (Fsp3) is 0.385. The van der Waals surface area contributed by atoms with Gasteiger partial charge in [-0.3, -0.25) is 9.59 Å². The monoisotopic (exact) mass is 249 g/mol. The van der Waals surface area contributed by atoms with E-state index >= 15 is 0 Å². The lowest BCUT2D eigenvalue weighted by Gasteiger charge is -2.14. The van der Waals surface area contributed by atoms with Gasteiger partial charge in [-0.2, -0.15) is 0 Å². The minimum absolute atomic E-state index is 0.198. The van der Waals surface area contributed by atoms with E-state index in [0.717, 1.165) is 23.3 Å². The summed E-state index contributed by atoms with van der Waals surface area (Å²) in [6.07, 6.45) is 1.08. The quantitative estimate of drug-likeness (QED) is 0.853. The van der Waals surface area contributed by atoms with Crippen molar-refractivity contribution in [1.29, 1.82) is 0 Å². The lowest BCUT2D eigenvalue weighted by molar-refractivity contribution is -0.143. The van der Waals surface area contributed by atoms with Crippen LogP contribution in [-0.4, -0.2) is 42.1 Å². The number of aliphatic carboxylic acids is 1. The van der Waals surface area contributed by atoms with Crippen molar-refractivity contribution < 1.29 is 19.4 Å². The molecule has 0 radical (unpaired) electrons. The standard InChI is InChI=1S/C13H15NO4/c1-14(8-13(16)17)12(15)7-9-2-3-11-10(6-9)4-5-18-11/h2-3,6H,4-5,7-8H2,1H3,(H,16,17). The number of carboxylic acids is 1. The summed E-state index contributed by atoms with van der Waals surface area (Å²) >= 11 is 0. The van der Waals surface area contributed by atoms with Gasteiger partial charge in [0.1, 0.15) is 12.3 Å². The Morgan fingerprint density at radius 3 is 2.94 bits per heavy atom. The van der Waals surface area contributed by atoms with Gasteiger partial charge in [-0.15, -0.1) is 0 Å². The highest BCUT2D eigenvalue weighted by Gasteiger charge is 2.16. The first kappa shape index (κ1) is 12.4. The number of carbonyl (C=O) groups is 2. The molecule has 1 aliphatic heterocycles. The third kappa shape index (κ3) is 2.80. The van der Waals surface area contributed by atoms with E-state index in [2.05, 4.69) is 0 Å². The summed E-state index contributed by atoms with van der Waals surface area (Å²) in [5.41, 5.74) is 2.00. The first-order valence-electron chi connectivity index (χ1n) is 5.76. The molecule has 5 heteroatoms. The van der Waals surface area contributed by atoms with E-state index in [1.165, 1.54) is 11.9 Å². The number of fused-ring (bicyclic) bond motifs is 1. The van der Waals surface area contributed by atoms with E-state index in [9.17, 15) is 9.59 Å². The fourth-order valence-corrected chi connectivity index (χ4v) is 1.95. The molecule has 1 heterocycles. The van der Waals surface area contributed by atoms with Gasteiger partial charge < -0.3 is 14.7 Å². The number of ether oxygens (including phenoxy) is 1. The first-order chi connectivity index (χ1) is 8.56. The van der Waals surface area contributed by atoms with E-state index in [1.807, 2.05) is 18.2 Å². The van der Waals surface area contributed by atoms with Crippen LogP contribution in [0.5, 0.6) is 5.75 Å². The van der Waals surface area contributed by atoms with Gasteiger partial charge in [-0.1, -0.05) is 12.1 Å². The molecule has 1 aliphatic rings. The van der Waals surface area contributed by atoms with Gasteiger partial charge in [0.25, 0.3) is 0 Å². The van der Waals surface area contributed by atoms with Gasteiger partial charge in [0.2, 0.25) is 5.91 Å². The maximum Gasteiger partial charge on any atom is 0.323 e. The Morgan fingerprint density at radius 1 is 1.44 bits per heavy atom. The van der Waals surface area contributed by atoms with Gasteiger partial charge in [0, 0.05) is 13.5 Å². The van der Waals surface area contributed by atoms with Gasteiger partial charge >= 0.3 is 5.97 Å². The van der Waals surface area contributed by atoms with Crippen molar-refractivity contribution in [1.82, 2.24) is 4.90 Å². The highest BCUT2D eigenvalue weighted by atomic mass is 16.5. The molecule has 0 spiro atoms. The Morgan fingerprint density at radius 2 is 2.22 bits per heavy atom. The molecule has 0 saturated carbocycles. The summed E-state index contributed by atoms with van der Waals surface area (Å²) < 4.78 is 5.39.